The molecule has 1 aromatic rings. The van der Waals surface area contributed by atoms with Gasteiger partial charge in [0, 0.05) is 44.2 Å². The molecule has 6 heteroatoms. The second kappa shape index (κ2) is 11.4. The normalized spacial score (nSPS) is 20.4. The minimum atomic E-state index is 0. The molecule has 0 spiro atoms. The van der Waals surface area contributed by atoms with E-state index in [2.05, 4.69) is 52.6 Å². The van der Waals surface area contributed by atoms with Crippen molar-refractivity contribution in [2.75, 3.05) is 33.8 Å². The van der Waals surface area contributed by atoms with Crippen LogP contribution in [0.1, 0.15) is 57.9 Å². The van der Waals surface area contributed by atoms with E-state index >= 15 is 0 Å². The highest BCUT2D eigenvalue weighted by Gasteiger charge is 2.36. The Kier molecular flexibility index (Phi) is 9.53. The Labute approximate surface area is 194 Å². The zero-order valence-electron chi connectivity index (χ0n) is 18.5. The van der Waals surface area contributed by atoms with Crippen LogP contribution < -0.4 is 15.4 Å². The van der Waals surface area contributed by atoms with Gasteiger partial charge < -0.3 is 20.3 Å². The summed E-state index contributed by atoms with van der Waals surface area (Å²) in [5.41, 5.74) is 1.56. The highest BCUT2D eigenvalue weighted by atomic mass is 127. The maximum absolute atomic E-state index is 5.47. The van der Waals surface area contributed by atoms with Crippen LogP contribution in [0.2, 0.25) is 0 Å². The molecule has 0 bridgehead atoms. The van der Waals surface area contributed by atoms with Crippen molar-refractivity contribution in [3.63, 3.8) is 0 Å². The monoisotopic (exact) mass is 514 g/mol. The molecule has 1 aliphatic heterocycles. The van der Waals surface area contributed by atoms with Crippen LogP contribution >= 0.6 is 24.0 Å². The zero-order chi connectivity index (χ0) is 20.0. The molecule has 1 aromatic carbocycles. The highest BCUT2D eigenvalue weighted by molar-refractivity contribution is 14.0. The minimum Gasteiger partial charge on any atom is -0.497 e. The average molecular weight is 514 g/mol. The van der Waals surface area contributed by atoms with E-state index < -0.39 is 0 Å². The van der Waals surface area contributed by atoms with Crippen LogP contribution in [0.25, 0.3) is 0 Å². The number of hydrogen-bond acceptors (Lipinski definition) is 3. The van der Waals surface area contributed by atoms with Crippen LogP contribution in [-0.2, 0) is 5.41 Å². The summed E-state index contributed by atoms with van der Waals surface area (Å²) in [7, 11) is 3.63. The molecule has 164 valence electrons. The second-order valence-electron chi connectivity index (χ2n) is 8.69. The Bertz CT molecular complexity index is 650. The highest BCUT2D eigenvalue weighted by Crippen LogP contribution is 2.41. The lowest BCUT2D eigenvalue weighted by Gasteiger charge is -2.36. The first-order valence-electron chi connectivity index (χ1n) is 10.9. The first-order valence-corrected chi connectivity index (χ1v) is 10.9. The van der Waals surface area contributed by atoms with Gasteiger partial charge in [-0.15, -0.1) is 24.0 Å². The number of likely N-dealkylation sites (tertiary alicyclic amines) is 1. The molecule has 1 saturated carbocycles. The van der Waals surface area contributed by atoms with Gasteiger partial charge in [-0.05, 0) is 57.2 Å². The van der Waals surface area contributed by atoms with E-state index in [0.717, 1.165) is 18.3 Å². The molecule has 0 atom stereocenters. The summed E-state index contributed by atoms with van der Waals surface area (Å²) in [6.07, 6.45) is 7.38. The maximum Gasteiger partial charge on any atom is 0.191 e. The Morgan fingerprint density at radius 1 is 1.24 bits per heavy atom. The number of ether oxygens (including phenoxy) is 1. The Hall–Kier alpha value is -1.02. The van der Waals surface area contributed by atoms with E-state index in [4.69, 9.17) is 4.74 Å². The average Bonchev–Trinajstić information content (AvgIpc) is 3.21. The third-order valence-corrected chi connectivity index (χ3v) is 6.66. The Morgan fingerprint density at radius 3 is 2.52 bits per heavy atom. The Morgan fingerprint density at radius 2 is 1.93 bits per heavy atom. The van der Waals surface area contributed by atoms with E-state index in [1.165, 1.54) is 57.2 Å². The summed E-state index contributed by atoms with van der Waals surface area (Å²) >= 11 is 0. The lowest BCUT2D eigenvalue weighted by Crippen LogP contribution is -2.51. The third-order valence-electron chi connectivity index (χ3n) is 6.66. The number of guanidine groups is 1. The van der Waals surface area contributed by atoms with Crippen LogP contribution in [0.15, 0.2) is 29.3 Å². The molecule has 2 fully saturated rings. The van der Waals surface area contributed by atoms with Crippen molar-refractivity contribution in [1.82, 2.24) is 15.5 Å². The lowest BCUT2D eigenvalue weighted by atomic mass is 9.78. The fraction of sp³-hybridized carbons (Fsp3) is 0.696. The van der Waals surface area contributed by atoms with Gasteiger partial charge in [0.15, 0.2) is 5.96 Å². The molecule has 29 heavy (non-hydrogen) atoms. The second-order valence-corrected chi connectivity index (χ2v) is 8.69. The van der Waals surface area contributed by atoms with Gasteiger partial charge >= 0.3 is 0 Å². The van der Waals surface area contributed by atoms with Gasteiger partial charge in [-0.3, -0.25) is 4.99 Å². The number of benzene rings is 1. The van der Waals surface area contributed by atoms with Gasteiger partial charge in [0.25, 0.3) is 0 Å². The number of nitrogens with zero attached hydrogens (tertiary/aromatic N) is 2. The van der Waals surface area contributed by atoms with Gasteiger partial charge in [-0.2, -0.15) is 0 Å². The molecule has 0 aromatic heterocycles. The van der Waals surface area contributed by atoms with Crippen molar-refractivity contribution in [3.05, 3.63) is 29.8 Å². The van der Waals surface area contributed by atoms with Crippen LogP contribution in [0.4, 0.5) is 0 Å². The van der Waals surface area contributed by atoms with Crippen molar-refractivity contribution in [3.8, 4) is 5.75 Å². The van der Waals surface area contributed by atoms with E-state index in [-0.39, 0.29) is 29.4 Å². The predicted molar refractivity (Wildman–Crippen MR) is 133 cm³/mol. The third kappa shape index (κ3) is 6.23. The minimum absolute atomic E-state index is 0. The van der Waals surface area contributed by atoms with Gasteiger partial charge in [-0.1, -0.05) is 25.0 Å². The summed E-state index contributed by atoms with van der Waals surface area (Å²) in [5.74, 6) is 1.89. The van der Waals surface area contributed by atoms with Crippen molar-refractivity contribution in [2.45, 2.75) is 69.9 Å². The Balaban J connectivity index is 0.00000300. The van der Waals surface area contributed by atoms with E-state index in [9.17, 15) is 0 Å². The number of rotatable bonds is 6. The predicted octanol–water partition coefficient (Wildman–Crippen LogP) is 4.16. The molecule has 5 nitrogen and oxygen atoms in total. The SMILES string of the molecule is CN=C(NCC1(c2cccc(OC)c2)CCCC1)NC1CCN(C(C)C)CC1.I. The molecule has 1 heterocycles. The molecular weight excluding hydrogens is 475 g/mol. The first-order chi connectivity index (χ1) is 13.6. The summed E-state index contributed by atoms with van der Waals surface area (Å²) in [6, 6.07) is 9.77. The zero-order valence-corrected chi connectivity index (χ0v) is 20.9. The van der Waals surface area contributed by atoms with Gasteiger partial charge in [0.05, 0.1) is 7.11 Å². The largest absolute Gasteiger partial charge is 0.497 e. The molecular formula is C23H39IN4O. The van der Waals surface area contributed by atoms with Crippen LogP contribution in [-0.4, -0.2) is 56.7 Å². The van der Waals surface area contributed by atoms with Crippen molar-refractivity contribution < 1.29 is 4.74 Å². The topological polar surface area (TPSA) is 48.9 Å². The van der Waals surface area contributed by atoms with Crippen molar-refractivity contribution >= 4 is 29.9 Å². The van der Waals surface area contributed by atoms with E-state index in [1.54, 1.807) is 7.11 Å². The van der Waals surface area contributed by atoms with Gasteiger partial charge in [0.2, 0.25) is 0 Å². The van der Waals surface area contributed by atoms with E-state index in [1.807, 2.05) is 13.1 Å². The van der Waals surface area contributed by atoms with Crippen molar-refractivity contribution in [2.24, 2.45) is 4.99 Å². The smallest absolute Gasteiger partial charge is 0.191 e. The number of hydrogen-bond donors (Lipinski definition) is 2. The van der Waals surface area contributed by atoms with E-state index in [0.29, 0.717) is 12.1 Å². The molecule has 3 rings (SSSR count). The van der Waals surface area contributed by atoms with Gasteiger partial charge in [0.1, 0.15) is 5.75 Å². The fourth-order valence-corrected chi connectivity index (χ4v) is 4.77. The van der Waals surface area contributed by atoms with Crippen LogP contribution in [0, 0.1) is 0 Å². The lowest BCUT2D eigenvalue weighted by molar-refractivity contribution is 0.167. The molecule has 2 N–H and O–H groups in total. The molecule has 2 aliphatic rings. The summed E-state index contributed by atoms with van der Waals surface area (Å²) < 4.78 is 5.47. The number of nitrogens with one attached hydrogen (secondary N) is 2. The van der Waals surface area contributed by atoms with Crippen molar-refractivity contribution in [1.29, 1.82) is 0 Å². The summed E-state index contributed by atoms with van der Waals surface area (Å²) in [4.78, 5) is 7.07. The van der Waals surface area contributed by atoms with Crippen LogP contribution in [0.3, 0.4) is 0 Å². The molecule has 1 aliphatic carbocycles. The number of aliphatic imine (C=N–C) groups is 1. The molecule has 1 saturated heterocycles. The van der Waals surface area contributed by atoms with Gasteiger partial charge in [-0.25, -0.2) is 0 Å². The number of piperidine rings is 1. The maximum atomic E-state index is 5.47. The first kappa shape index (κ1) is 24.3. The summed E-state index contributed by atoms with van der Waals surface area (Å²) in [5, 5.41) is 7.32. The summed E-state index contributed by atoms with van der Waals surface area (Å²) in [6.45, 7) is 7.83. The van der Waals surface area contributed by atoms with Crippen LogP contribution in [0.5, 0.6) is 5.75 Å². The standard InChI is InChI=1S/C23H38N4O.HI/c1-18(2)27-14-10-20(11-15-27)26-22(24-3)25-17-23(12-5-6-13-23)19-8-7-9-21(16-19)28-4;/h7-9,16,18,20H,5-6,10-15,17H2,1-4H3,(H2,24,25,26);1H. The quantitative estimate of drug-likeness (QED) is 0.340. The molecule has 0 unspecified atom stereocenters. The molecule has 0 amide bonds. The number of halogens is 1. The molecule has 0 radical (unpaired) electrons. The fourth-order valence-electron chi connectivity index (χ4n) is 4.77. The number of methoxy groups -OCH3 is 1.